The highest BCUT2D eigenvalue weighted by atomic mass is 16.1. The molecule has 0 aromatic heterocycles. The third-order valence-corrected chi connectivity index (χ3v) is 2.49. The molecule has 0 aliphatic rings. The highest BCUT2D eigenvalue weighted by molar-refractivity contribution is 6.07. The topological polar surface area (TPSA) is 17.1 Å². The summed E-state index contributed by atoms with van der Waals surface area (Å²) >= 11 is 0. The van der Waals surface area contributed by atoms with E-state index in [9.17, 15) is 4.79 Å². The fourth-order valence-corrected chi connectivity index (χ4v) is 1.49. The molecule has 0 amide bonds. The normalized spacial score (nSPS) is 15.8. The molecule has 1 heteroatoms. The van der Waals surface area contributed by atoms with Gasteiger partial charge in [0.2, 0.25) is 5.78 Å². The van der Waals surface area contributed by atoms with Crippen LogP contribution in [0.3, 0.4) is 0 Å². The minimum Gasteiger partial charge on any atom is -0.280 e. The summed E-state index contributed by atoms with van der Waals surface area (Å²) in [6.45, 7) is 8.32. The average molecular weight is 192 g/mol. The van der Waals surface area contributed by atoms with Crippen LogP contribution in [0.4, 0.5) is 0 Å². The van der Waals surface area contributed by atoms with Crippen molar-refractivity contribution in [2.75, 3.05) is 0 Å². The van der Waals surface area contributed by atoms with Crippen LogP contribution in [0.1, 0.15) is 40.5 Å². The third-order valence-electron chi connectivity index (χ3n) is 2.49. The van der Waals surface area contributed by atoms with E-state index in [1.165, 1.54) is 6.42 Å². The molecular formula is C13H20O. The van der Waals surface area contributed by atoms with Crippen molar-refractivity contribution in [3.05, 3.63) is 11.6 Å². The van der Waals surface area contributed by atoms with Crippen LogP contribution in [0.5, 0.6) is 0 Å². The highest BCUT2D eigenvalue weighted by Crippen LogP contribution is 2.17. The Kier molecular flexibility index (Phi) is 5.95. The lowest BCUT2D eigenvalue weighted by Gasteiger charge is -2.12. The second kappa shape index (κ2) is 6.43. The van der Waals surface area contributed by atoms with Crippen LogP contribution in [0.25, 0.3) is 0 Å². The Morgan fingerprint density at radius 1 is 1.50 bits per heavy atom. The predicted octanol–water partition coefficient (Wildman–Crippen LogP) is 3.21. The second-order valence-corrected chi connectivity index (χ2v) is 4.05. The van der Waals surface area contributed by atoms with E-state index in [0.29, 0.717) is 17.4 Å². The summed E-state index contributed by atoms with van der Waals surface area (Å²) in [5.41, 5.74) is 0.698. The molecule has 1 nitrogen and oxygen atoms in total. The number of rotatable bonds is 5. The summed E-state index contributed by atoms with van der Waals surface area (Å²) in [5.74, 6) is 3.07. The van der Waals surface area contributed by atoms with Gasteiger partial charge in [0.15, 0.2) is 0 Å². The predicted molar refractivity (Wildman–Crippen MR) is 60.8 cm³/mol. The van der Waals surface area contributed by atoms with E-state index in [0.717, 1.165) is 6.42 Å². The van der Waals surface area contributed by atoms with Gasteiger partial charge in [0, 0.05) is 5.57 Å². The van der Waals surface area contributed by atoms with E-state index in [1.54, 1.807) is 6.92 Å². The number of allylic oxidation sites excluding steroid dienone is 2. The van der Waals surface area contributed by atoms with Crippen LogP contribution in [-0.2, 0) is 4.79 Å². The molecule has 0 fully saturated rings. The average Bonchev–Trinajstić information content (AvgIpc) is 2.15. The molecule has 0 heterocycles. The van der Waals surface area contributed by atoms with E-state index in [4.69, 9.17) is 6.42 Å². The van der Waals surface area contributed by atoms with Gasteiger partial charge < -0.3 is 0 Å². The first-order chi connectivity index (χ1) is 6.51. The molecule has 0 aromatic rings. The Hall–Kier alpha value is -1.03. The van der Waals surface area contributed by atoms with Crippen LogP contribution in [0, 0.1) is 24.2 Å². The van der Waals surface area contributed by atoms with Gasteiger partial charge in [-0.3, -0.25) is 4.79 Å². The number of ketones is 1. The van der Waals surface area contributed by atoms with Crippen molar-refractivity contribution in [1.82, 2.24) is 0 Å². The summed E-state index contributed by atoms with van der Waals surface area (Å²) in [4.78, 5) is 11.1. The maximum absolute atomic E-state index is 11.1. The molecular weight excluding hydrogens is 172 g/mol. The summed E-state index contributed by atoms with van der Waals surface area (Å²) in [5, 5.41) is 0. The number of carbonyl (C=O) groups is 1. The van der Waals surface area contributed by atoms with Gasteiger partial charge in [-0.25, -0.2) is 0 Å². The largest absolute Gasteiger partial charge is 0.280 e. The van der Waals surface area contributed by atoms with Gasteiger partial charge in [0.05, 0.1) is 0 Å². The lowest BCUT2D eigenvalue weighted by atomic mass is 9.93. The van der Waals surface area contributed by atoms with Crippen molar-refractivity contribution < 1.29 is 4.79 Å². The van der Waals surface area contributed by atoms with Crippen LogP contribution >= 0.6 is 0 Å². The maximum Gasteiger partial charge on any atom is 0.231 e. The second-order valence-electron chi connectivity index (χ2n) is 4.05. The van der Waals surface area contributed by atoms with Crippen molar-refractivity contribution in [2.24, 2.45) is 11.8 Å². The van der Waals surface area contributed by atoms with E-state index < -0.39 is 0 Å². The molecule has 0 saturated heterocycles. The van der Waals surface area contributed by atoms with Crippen molar-refractivity contribution in [1.29, 1.82) is 0 Å². The molecule has 0 aliphatic carbocycles. The van der Waals surface area contributed by atoms with Gasteiger partial charge in [-0.1, -0.05) is 33.3 Å². The van der Waals surface area contributed by atoms with E-state index in [-0.39, 0.29) is 5.78 Å². The zero-order valence-electron chi connectivity index (χ0n) is 9.63. The zero-order valence-corrected chi connectivity index (χ0v) is 9.63. The molecule has 14 heavy (non-hydrogen) atoms. The van der Waals surface area contributed by atoms with Gasteiger partial charge >= 0.3 is 0 Å². The Morgan fingerprint density at radius 2 is 2.07 bits per heavy atom. The van der Waals surface area contributed by atoms with Gasteiger partial charge in [0.25, 0.3) is 0 Å². The summed E-state index contributed by atoms with van der Waals surface area (Å²) < 4.78 is 0. The lowest BCUT2D eigenvalue weighted by molar-refractivity contribution is -0.110. The maximum atomic E-state index is 11.1. The molecule has 0 spiro atoms. The molecule has 0 rings (SSSR count). The Labute approximate surface area is 87.6 Å². The van der Waals surface area contributed by atoms with E-state index in [2.05, 4.69) is 26.7 Å². The number of hydrogen-bond acceptors (Lipinski definition) is 1. The molecule has 0 saturated carbocycles. The number of Topliss-reactive ketones (excluding diaryl/α,β-unsaturated/α-hetero) is 1. The lowest BCUT2D eigenvalue weighted by Crippen LogP contribution is -2.03. The Balaban J connectivity index is 4.23. The van der Waals surface area contributed by atoms with Crippen molar-refractivity contribution in [3.8, 4) is 12.3 Å². The molecule has 0 aromatic carbocycles. The minimum atomic E-state index is -0.194. The third kappa shape index (κ3) is 4.87. The van der Waals surface area contributed by atoms with Crippen molar-refractivity contribution in [3.63, 3.8) is 0 Å². The first-order valence-electron chi connectivity index (χ1n) is 5.20. The highest BCUT2D eigenvalue weighted by Gasteiger charge is 2.07. The van der Waals surface area contributed by atoms with Gasteiger partial charge in [0.1, 0.15) is 0 Å². The molecule has 2 atom stereocenters. The molecule has 0 N–H and O–H groups in total. The van der Waals surface area contributed by atoms with E-state index in [1.807, 2.05) is 6.08 Å². The standard InChI is InChI=1S/C13H20O/c1-6-10(3)8-11(4)9-12(5)13(14)7-2/h2,9-11H,6,8H2,1,3-5H3/b12-9+/t10-,11+/m1/s1. The minimum absolute atomic E-state index is 0.194. The number of terminal acetylenes is 1. The van der Waals surface area contributed by atoms with Crippen molar-refractivity contribution in [2.45, 2.75) is 40.5 Å². The molecule has 78 valence electrons. The Bertz CT molecular complexity index is 255. The molecule has 0 bridgehead atoms. The fraction of sp³-hybridized carbons (Fsp3) is 0.615. The van der Waals surface area contributed by atoms with Crippen LogP contribution < -0.4 is 0 Å². The first kappa shape index (κ1) is 13.0. The molecule has 0 radical (unpaired) electrons. The van der Waals surface area contributed by atoms with Gasteiger partial charge in [-0.05, 0) is 31.1 Å². The number of hydrogen-bond donors (Lipinski definition) is 0. The molecule has 0 unspecified atom stereocenters. The van der Waals surface area contributed by atoms with Crippen molar-refractivity contribution >= 4 is 5.78 Å². The monoisotopic (exact) mass is 192 g/mol. The zero-order chi connectivity index (χ0) is 11.1. The first-order valence-corrected chi connectivity index (χ1v) is 5.20. The fourth-order valence-electron chi connectivity index (χ4n) is 1.49. The Morgan fingerprint density at radius 3 is 2.50 bits per heavy atom. The van der Waals surface area contributed by atoms with Gasteiger partial charge in [-0.15, -0.1) is 6.42 Å². The van der Waals surface area contributed by atoms with E-state index >= 15 is 0 Å². The summed E-state index contributed by atoms with van der Waals surface area (Å²) in [6, 6.07) is 0. The van der Waals surface area contributed by atoms with Crippen LogP contribution in [0.2, 0.25) is 0 Å². The van der Waals surface area contributed by atoms with Crippen LogP contribution in [0.15, 0.2) is 11.6 Å². The summed E-state index contributed by atoms with van der Waals surface area (Å²) in [6.07, 6.45) is 9.31. The van der Waals surface area contributed by atoms with Gasteiger partial charge in [-0.2, -0.15) is 0 Å². The SMILES string of the molecule is C#CC(=O)/C(C)=C/[C@@H](C)C[C@H](C)CC. The summed E-state index contributed by atoms with van der Waals surface area (Å²) in [7, 11) is 0. The smallest absolute Gasteiger partial charge is 0.231 e. The number of carbonyl (C=O) groups excluding carboxylic acids is 1. The molecule has 0 aliphatic heterocycles. The quantitative estimate of drug-likeness (QED) is 0.371. The van der Waals surface area contributed by atoms with Crippen LogP contribution in [-0.4, -0.2) is 5.78 Å².